The van der Waals surface area contributed by atoms with Gasteiger partial charge in [0, 0.05) is 24.5 Å². The number of nitrogens with zero attached hydrogens (tertiary/aromatic N) is 2. The summed E-state index contributed by atoms with van der Waals surface area (Å²) in [7, 11) is 0. The van der Waals surface area contributed by atoms with Crippen molar-refractivity contribution in [1.29, 1.82) is 0 Å². The van der Waals surface area contributed by atoms with Crippen LogP contribution in [0.15, 0.2) is 42.1 Å². The molecule has 140 valence electrons. The molecule has 0 saturated heterocycles. The topological polar surface area (TPSA) is 85.4 Å². The standard InChI is InChI=1S/C20H22N4O3/c25-19(23-15-6-7-17-18(12-15)27-13-26-17)16-9-11-22-20(24-16)21-10-8-14-4-2-1-3-5-14/h4,6-7,9,11-12H,1-3,5,8,10,13H2,(H,23,25)(H,21,22,24). The number of amides is 1. The van der Waals surface area contributed by atoms with Crippen molar-refractivity contribution >= 4 is 17.5 Å². The van der Waals surface area contributed by atoms with Crippen molar-refractivity contribution in [2.75, 3.05) is 24.0 Å². The number of ether oxygens (including phenoxy) is 2. The summed E-state index contributed by atoms with van der Waals surface area (Å²) in [5.41, 5.74) is 2.43. The third kappa shape index (κ3) is 4.36. The first kappa shape index (κ1) is 17.3. The molecule has 2 N–H and O–H groups in total. The maximum absolute atomic E-state index is 12.5. The van der Waals surface area contributed by atoms with Crippen LogP contribution in [0.3, 0.4) is 0 Å². The van der Waals surface area contributed by atoms with Crippen LogP contribution in [0.4, 0.5) is 11.6 Å². The molecule has 2 aromatic rings. The third-order valence-electron chi connectivity index (χ3n) is 4.63. The highest BCUT2D eigenvalue weighted by Gasteiger charge is 2.15. The lowest BCUT2D eigenvalue weighted by molar-refractivity contribution is 0.102. The van der Waals surface area contributed by atoms with E-state index in [9.17, 15) is 4.79 Å². The number of benzene rings is 1. The zero-order valence-electron chi connectivity index (χ0n) is 15.0. The van der Waals surface area contributed by atoms with E-state index >= 15 is 0 Å². The fourth-order valence-corrected chi connectivity index (χ4v) is 3.21. The summed E-state index contributed by atoms with van der Waals surface area (Å²) in [5.74, 6) is 1.46. The Bertz CT molecular complexity index is 866. The van der Waals surface area contributed by atoms with Gasteiger partial charge < -0.3 is 20.1 Å². The molecule has 1 aromatic carbocycles. The van der Waals surface area contributed by atoms with Gasteiger partial charge in [0.05, 0.1) is 0 Å². The first-order valence-electron chi connectivity index (χ1n) is 9.24. The molecule has 2 heterocycles. The minimum Gasteiger partial charge on any atom is -0.454 e. The second kappa shape index (κ2) is 8.07. The molecule has 1 amide bonds. The number of fused-ring (bicyclic) bond motifs is 1. The van der Waals surface area contributed by atoms with Crippen molar-refractivity contribution < 1.29 is 14.3 Å². The summed E-state index contributed by atoms with van der Waals surface area (Å²) >= 11 is 0. The highest BCUT2D eigenvalue weighted by molar-refractivity contribution is 6.03. The van der Waals surface area contributed by atoms with E-state index in [0.29, 0.717) is 28.8 Å². The van der Waals surface area contributed by atoms with Gasteiger partial charge in [0.25, 0.3) is 5.91 Å². The van der Waals surface area contributed by atoms with Crippen molar-refractivity contribution in [3.63, 3.8) is 0 Å². The number of hydrogen-bond donors (Lipinski definition) is 2. The second-order valence-electron chi connectivity index (χ2n) is 6.57. The molecule has 0 atom stereocenters. The molecule has 1 aromatic heterocycles. The molecule has 0 fully saturated rings. The van der Waals surface area contributed by atoms with Crippen molar-refractivity contribution in [3.8, 4) is 11.5 Å². The van der Waals surface area contributed by atoms with Crippen LogP contribution in [0.5, 0.6) is 11.5 Å². The van der Waals surface area contributed by atoms with Gasteiger partial charge in [-0.05, 0) is 50.3 Å². The van der Waals surface area contributed by atoms with E-state index in [4.69, 9.17) is 9.47 Å². The predicted molar refractivity (Wildman–Crippen MR) is 102 cm³/mol. The van der Waals surface area contributed by atoms with E-state index in [-0.39, 0.29) is 12.7 Å². The van der Waals surface area contributed by atoms with E-state index in [2.05, 4.69) is 26.7 Å². The zero-order chi connectivity index (χ0) is 18.5. The number of nitrogens with one attached hydrogen (secondary N) is 2. The number of allylic oxidation sites excluding steroid dienone is 1. The number of hydrogen-bond acceptors (Lipinski definition) is 6. The fraction of sp³-hybridized carbons (Fsp3) is 0.350. The maximum Gasteiger partial charge on any atom is 0.274 e. The first-order chi connectivity index (χ1) is 13.3. The van der Waals surface area contributed by atoms with Crippen molar-refractivity contribution in [2.24, 2.45) is 0 Å². The van der Waals surface area contributed by atoms with Gasteiger partial charge in [-0.2, -0.15) is 0 Å². The molecular formula is C20H22N4O3. The number of rotatable bonds is 6. The fourth-order valence-electron chi connectivity index (χ4n) is 3.21. The molecule has 27 heavy (non-hydrogen) atoms. The second-order valence-corrected chi connectivity index (χ2v) is 6.57. The lowest BCUT2D eigenvalue weighted by Crippen LogP contribution is -2.15. The van der Waals surface area contributed by atoms with Crippen LogP contribution in [0.25, 0.3) is 0 Å². The van der Waals surface area contributed by atoms with Crippen LogP contribution in [0, 0.1) is 0 Å². The van der Waals surface area contributed by atoms with Crippen LogP contribution < -0.4 is 20.1 Å². The molecule has 0 spiro atoms. The Balaban J connectivity index is 1.35. The van der Waals surface area contributed by atoms with Gasteiger partial charge in [-0.1, -0.05) is 11.6 Å². The van der Waals surface area contributed by atoms with Gasteiger partial charge in [-0.3, -0.25) is 4.79 Å². The SMILES string of the molecule is O=C(Nc1ccc2c(c1)OCO2)c1ccnc(NCCC2=CCCCC2)n1. The van der Waals surface area contributed by atoms with Gasteiger partial charge >= 0.3 is 0 Å². The lowest BCUT2D eigenvalue weighted by Gasteiger charge is -2.13. The summed E-state index contributed by atoms with van der Waals surface area (Å²) in [6.07, 6.45) is 9.84. The maximum atomic E-state index is 12.5. The minimum absolute atomic E-state index is 0.199. The molecule has 2 aliphatic rings. The summed E-state index contributed by atoms with van der Waals surface area (Å²) in [6, 6.07) is 6.87. The smallest absolute Gasteiger partial charge is 0.274 e. The number of carbonyl (C=O) groups excluding carboxylic acids is 1. The Morgan fingerprint density at radius 2 is 2.07 bits per heavy atom. The Labute approximate surface area is 157 Å². The molecule has 0 bridgehead atoms. The quantitative estimate of drug-likeness (QED) is 0.757. The molecule has 0 unspecified atom stereocenters. The summed E-state index contributed by atoms with van der Waals surface area (Å²) in [4.78, 5) is 21.0. The molecular weight excluding hydrogens is 344 g/mol. The van der Waals surface area contributed by atoms with Gasteiger partial charge in [-0.25, -0.2) is 9.97 Å². The summed E-state index contributed by atoms with van der Waals surface area (Å²) in [6.45, 7) is 0.962. The highest BCUT2D eigenvalue weighted by atomic mass is 16.7. The largest absolute Gasteiger partial charge is 0.454 e. The predicted octanol–water partition coefficient (Wildman–Crippen LogP) is 3.76. The van der Waals surface area contributed by atoms with Crippen LogP contribution in [-0.2, 0) is 0 Å². The Morgan fingerprint density at radius 1 is 1.15 bits per heavy atom. The van der Waals surface area contributed by atoms with Crippen LogP contribution >= 0.6 is 0 Å². The molecule has 0 radical (unpaired) electrons. The van der Waals surface area contributed by atoms with Gasteiger partial charge in [0.15, 0.2) is 11.5 Å². The molecule has 1 aliphatic carbocycles. The lowest BCUT2D eigenvalue weighted by atomic mass is 9.97. The monoisotopic (exact) mass is 366 g/mol. The third-order valence-corrected chi connectivity index (χ3v) is 4.63. The number of carbonyl (C=O) groups is 1. The van der Waals surface area contributed by atoms with E-state index in [1.54, 1.807) is 30.5 Å². The zero-order valence-corrected chi connectivity index (χ0v) is 15.0. The molecule has 0 saturated carbocycles. The van der Waals surface area contributed by atoms with Crippen LogP contribution in [0.1, 0.15) is 42.6 Å². The van der Waals surface area contributed by atoms with Crippen molar-refractivity contribution in [1.82, 2.24) is 9.97 Å². The number of anilines is 2. The van der Waals surface area contributed by atoms with Crippen LogP contribution in [0.2, 0.25) is 0 Å². The molecule has 1 aliphatic heterocycles. The first-order valence-corrected chi connectivity index (χ1v) is 9.24. The van der Waals surface area contributed by atoms with E-state index in [1.165, 1.54) is 31.3 Å². The van der Waals surface area contributed by atoms with Gasteiger partial charge in [0.2, 0.25) is 12.7 Å². The number of aromatic nitrogens is 2. The molecule has 4 rings (SSSR count). The highest BCUT2D eigenvalue weighted by Crippen LogP contribution is 2.34. The van der Waals surface area contributed by atoms with E-state index in [1.807, 2.05) is 0 Å². The minimum atomic E-state index is -0.297. The Morgan fingerprint density at radius 3 is 2.96 bits per heavy atom. The normalized spacial score (nSPS) is 15.2. The van der Waals surface area contributed by atoms with E-state index in [0.717, 1.165) is 13.0 Å². The van der Waals surface area contributed by atoms with E-state index < -0.39 is 0 Å². The molecule has 7 heteroatoms. The summed E-state index contributed by atoms with van der Waals surface area (Å²) < 4.78 is 10.6. The summed E-state index contributed by atoms with van der Waals surface area (Å²) in [5, 5.41) is 6.03. The molecule has 7 nitrogen and oxygen atoms in total. The average molecular weight is 366 g/mol. The van der Waals surface area contributed by atoms with Gasteiger partial charge in [-0.15, -0.1) is 0 Å². The van der Waals surface area contributed by atoms with Crippen molar-refractivity contribution in [3.05, 3.63) is 47.8 Å². The van der Waals surface area contributed by atoms with Gasteiger partial charge in [0.1, 0.15) is 5.69 Å². The van der Waals surface area contributed by atoms with Crippen molar-refractivity contribution in [2.45, 2.75) is 32.1 Å². The average Bonchev–Trinajstić information content (AvgIpc) is 3.17. The Kier molecular flexibility index (Phi) is 5.18. The van der Waals surface area contributed by atoms with Crippen LogP contribution in [-0.4, -0.2) is 29.2 Å². The Hall–Kier alpha value is -3.09.